The SMILES string of the molecule is CCC1C(=O)NC(C(C)C)C(=O)N1C1(C)CCOCC1. The van der Waals surface area contributed by atoms with Crippen molar-refractivity contribution in [2.75, 3.05) is 13.2 Å². The van der Waals surface area contributed by atoms with E-state index < -0.39 is 6.04 Å². The minimum absolute atomic E-state index is 0.0153. The predicted octanol–water partition coefficient (Wildman–Crippen LogP) is 1.32. The molecular formula is C15H26N2O3. The van der Waals surface area contributed by atoms with Crippen LogP contribution in [0.4, 0.5) is 0 Å². The lowest BCUT2D eigenvalue weighted by atomic mass is 9.85. The second kappa shape index (κ2) is 5.72. The second-order valence-electron chi connectivity index (χ2n) is 6.47. The van der Waals surface area contributed by atoms with E-state index in [1.165, 1.54) is 0 Å². The number of amides is 2. The van der Waals surface area contributed by atoms with Crippen molar-refractivity contribution in [3.8, 4) is 0 Å². The van der Waals surface area contributed by atoms with Crippen LogP contribution in [0.25, 0.3) is 0 Å². The molecule has 2 fully saturated rings. The summed E-state index contributed by atoms with van der Waals surface area (Å²) < 4.78 is 5.42. The molecule has 5 heteroatoms. The first-order valence-corrected chi connectivity index (χ1v) is 7.62. The van der Waals surface area contributed by atoms with Gasteiger partial charge in [-0.15, -0.1) is 0 Å². The number of nitrogens with one attached hydrogen (secondary N) is 1. The highest BCUT2D eigenvalue weighted by molar-refractivity contribution is 5.97. The van der Waals surface area contributed by atoms with Gasteiger partial charge in [-0.25, -0.2) is 0 Å². The maximum atomic E-state index is 12.9. The van der Waals surface area contributed by atoms with Gasteiger partial charge in [0.2, 0.25) is 11.8 Å². The molecule has 0 spiro atoms. The van der Waals surface area contributed by atoms with Crippen LogP contribution in [0.1, 0.15) is 47.0 Å². The molecule has 5 nitrogen and oxygen atoms in total. The van der Waals surface area contributed by atoms with E-state index in [0.717, 1.165) is 12.8 Å². The number of rotatable bonds is 3. The summed E-state index contributed by atoms with van der Waals surface area (Å²) >= 11 is 0. The van der Waals surface area contributed by atoms with Gasteiger partial charge < -0.3 is 15.0 Å². The van der Waals surface area contributed by atoms with Crippen molar-refractivity contribution in [1.82, 2.24) is 10.2 Å². The third kappa shape index (κ3) is 2.55. The molecule has 2 amide bonds. The molecule has 0 aromatic carbocycles. The van der Waals surface area contributed by atoms with Crippen molar-refractivity contribution < 1.29 is 14.3 Å². The molecule has 0 bridgehead atoms. The number of carbonyl (C=O) groups excluding carboxylic acids is 2. The first-order valence-electron chi connectivity index (χ1n) is 7.62. The Morgan fingerprint density at radius 1 is 1.35 bits per heavy atom. The molecule has 0 aliphatic carbocycles. The van der Waals surface area contributed by atoms with E-state index in [1.54, 1.807) is 0 Å². The normalized spacial score (nSPS) is 30.6. The van der Waals surface area contributed by atoms with Gasteiger partial charge in [0.15, 0.2) is 0 Å². The third-order valence-corrected chi connectivity index (χ3v) is 4.62. The largest absolute Gasteiger partial charge is 0.381 e. The second-order valence-corrected chi connectivity index (χ2v) is 6.47. The number of hydrogen-bond donors (Lipinski definition) is 1. The molecule has 0 radical (unpaired) electrons. The zero-order valence-corrected chi connectivity index (χ0v) is 12.9. The van der Waals surface area contributed by atoms with Gasteiger partial charge in [-0.1, -0.05) is 20.8 Å². The van der Waals surface area contributed by atoms with Crippen molar-refractivity contribution in [1.29, 1.82) is 0 Å². The predicted molar refractivity (Wildman–Crippen MR) is 76.2 cm³/mol. The highest BCUT2D eigenvalue weighted by Gasteiger charge is 2.49. The molecule has 2 atom stereocenters. The summed E-state index contributed by atoms with van der Waals surface area (Å²) in [6, 6.07) is -0.745. The Bertz CT molecular complexity index is 389. The topological polar surface area (TPSA) is 58.6 Å². The molecule has 1 N–H and O–H groups in total. The van der Waals surface area contributed by atoms with Crippen LogP contribution in [0.2, 0.25) is 0 Å². The Hall–Kier alpha value is -1.10. The van der Waals surface area contributed by atoms with E-state index in [2.05, 4.69) is 12.2 Å². The van der Waals surface area contributed by atoms with Crippen LogP contribution in [-0.4, -0.2) is 47.6 Å². The lowest BCUT2D eigenvalue weighted by molar-refractivity contribution is -0.162. The average Bonchev–Trinajstić information content (AvgIpc) is 2.40. The van der Waals surface area contributed by atoms with Gasteiger partial charge in [-0.2, -0.15) is 0 Å². The Kier molecular flexibility index (Phi) is 4.37. The van der Waals surface area contributed by atoms with Gasteiger partial charge in [0.05, 0.1) is 0 Å². The summed E-state index contributed by atoms with van der Waals surface area (Å²) in [6.07, 6.45) is 2.25. The van der Waals surface area contributed by atoms with Gasteiger partial charge in [0.1, 0.15) is 12.1 Å². The lowest BCUT2D eigenvalue weighted by Gasteiger charge is -2.51. The standard InChI is InChI=1S/C15H26N2O3/c1-5-11-13(18)16-12(10(2)3)14(19)17(11)15(4)6-8-20-9-7-15/h10-12H,5-9H2,1-4H3,(H,16,18). The molecule has 2 rings (SSSR count). The molecule has 114 valence electrons. The number of ether oxygens (including phenoxy) is 1. The Morgan fingerprint density at radius 2 is 1.95 bits per heavy atom. The van der Waals surface area contributed by atoms with Crippen molar-refractivity contribution in [2.24, 2.45) is 5.92 Å². The summed E-state index contributed by atoms with van der Waals surface area (Å²) in [5.41, 5.74) is -0.263. The van der Waals surface area contributed by atoms with Gasteiger partial charge in [0, 0.05) is 18.8 Å². The summed E-state index contributed by atoms with van der Waals surface area (Å²) in [4.78, 5) is 27.1. The fourth-order valence-electron chi connectivity index (χ4n) is 3.25. The summed E-state index contributed by atoms with van der Waals surface area (Å²) in [5, 5.41) is 2.89. The zero-order valence-electron chi connectivity index (χ0n) is 12.9. The lowest BCUT2D eigenvalue weighted by Crippen LogP contribution is -2.70. The first kappa shape index (κ1) is 15.3. The number of carbonyl (C=O) groups is 2. The smallest absolute Gasteiger partial charge is 0.246 e. The Balaban J connectivity index is 2.33. The summed E-state index contributed by atoms with van der Waals surface area (Å²) in [5.74, 6) is 0.157. The van der Waals surface area contributed by atoms with Crippen LogP contribution < -0.4 is 5.32 Å². The van der Waals surface area contributed by atoms with Gasteiger partial charge in [-0.05, 0) is 32.1 Å². The van der Waals surface area contributed by atoms with Crippen molar-refractivity contribution in [3.05, 3.63) is 0 Å². The summed E-state index contributed by atoms with van der Waals surface area (Å²) in [7, 11) is 0. The van der Waals surface area contributed by atoms with E-state index in [1.807, 2.05) is 25.7 Å². The first-order chi connectivity index (χ1) is 9.40. The monoisotopic (exact) mass is 282 g/mol. The van der Waals surface area contributed by atoms with Crippen molar-refractivity contribution in [3.63, 3.8) is 0 Å². The highest BCUT2D eigenvalue weighted by atomic mass is 16.5. The fourth-order valence-corrected chi connectivity index (χ4v) is 3.25. The maximum absolute atomic E-state index is 12.9. The van der Waals surface area contributed by atoms with Crippen molar-refractivity contribution in [2.45, 2.75) is 64.6 Å². The van der Waals surface area contributed by atoms with E-state index >= 15 is 0 Å². The van der Waals surface area contributed by atoms with E-state index in [0.29, 0.717) is 19.6 Å². The number of piperazine rings is 1. The molecule has 0 aromatic heterocycles. The van der Waals surface area contributed by atoms with Crippen LogP contribution in [0, 0.1) is 5.92 Å². The molecule has 0 aromatic rings. The zero-order chi connectivity index (χ0) is 14.9. The van der Waals surface area contributed by atoms with Crippen LogP contribution in [0.3, 0.4) is 0 Å². The van der Waals surface area contributed by atoms with Crippen LogP contribution in [-0.2, 0) is 14.3 Å². The molecule has 2 heterocycles. The summed E-state index contributed by atoms with van der Waals surface area (Å²) in [6.45, 7) is 9.31. The Morgan fingerprint density at radius 3 is 2.45 bits per heavy atom. The molecular weight excluding hydrogens is 256 g/mol. The average molecular weight is 282 g/mol. The number of hydrogen-bond acceptors (Lipinski definition) is 3. The molecule has 20 heavy (non-hydrogen) atoms. The van der Waals surface area contributed by atoms with Gasteiger partial charge in [-0.3, -0.25) is 9.59 Å². The van der Waals surface area contributed by atoms with E-state index in [-0.39, 0.29) is 29.3 Å². The van der Waals surface area contributed by atoms with Crippen LogP contribution in [0.15, 0.2) is 0 Å². The van der Waals surface area contributed by atoms with E-state index in [4.69, 9.17) is 4.74 Å². The Labute approximate surface area is 121 Å². The number of nitrogens with zero attached hydrogens (tertiary/aromatic N) is 1. The molecule has 0 saturated carbocycles. The van der Waals surface area contributed by atoms with Gasteiger partial charge in [0.25, 0.3) is 0 Å². The molecule has 2 aliphatic heterocycles. The third-order valence-electron chi connectivity index (χ3n) is 4.62. The molecule has 2 saturated heterocycles. The fraction of sp³-hybridized carbons (Fsp3) is 0.867. The van der Waals surface area contributed by atoms with Crippen molar-refractivity contribution >= 4 is 11.8 Å². The van der Waals surface area contributed by atoms with Gasteiger partial charge >= 0.3 is 0 Å². The molecule has 2 unspecified atom stereocenters. The minimum atomic E-state index is -0.398. The highest BCUT2D eigenvalue weighted by Crippen LogP contribution is 2.33. The maximum Gasteiger partial charge on any atom is 0.246 e. The van der Waals surface area contributed by atoms with E-state index in [9.17, 15) is 9.59 Å². The molecule has 2 aliphatic rings. The quantitative estimate of drug-likeness (QED) is 0.849. The minimum Gasteiger partial charge on any atom is -0.381 e. The van der Waals surface area contributed by atoms with Crippen LogP contribution in [0.5, 0.6) is 0 Å². The van der Waals surface area contributed by atoms with Crippen LogP contribution >= 0.6 is 0 Å².